The van der Waals surface area contributed by atoms with Crippen LogP contribution in [0.1, 0.15) is 12.8 Å². The van der Waals surface area contributed by atoms with E-state index < -0.39 is 0 Å². The Morgan fingerprint density at radius 3 is 2.72 bits per heavy atom. The Hall–Kier alpha value is -2.17. The van der Waals surface area contributed by atoms with Crippen LogP contribution in [-0.4, -0.2) is 23.4 Å². The van der Waals surface area contributed by atoms with Gasteiger partial charge >= 0.3 is 0 Å². The topological polar surface area (TPSA) is 73.2 Å². The number of rotatable bonds is 4. The molecule has 0 atom stereocenters. The predicted molar refractivity (Wildman–Crippen MR) is 68.6 cm³/mol. The summed E-state index contributed by atoms with van der Waals surface area (Å²) < 4.78 is 11.1. The standard InChI is InChI=1S/C13H15N3O2/c1-17-12-6-8(10-7-13(14)16-15-10)2-5-11(12)18-9-3-4-9/h2,5-7,9H,3-4H2,1H3,(H3,14,15,16). The fourth-order valence-corrected chi connectivity index (χ4v) is 1.78. The van der Waals surface area contributed by atoms with E-state index in [0.717, 1.165) is 35.6 Å². The van der Waals surface area contributed by atoms with Crippen LogP contribution in [0.3, 0.4) is 0 Å². The monoisotopic (exact) mass is 245 g/mol. The molecule has 1 aromatic heterocycles. The van der Waals surface area contributed by atoms with E-state index in [9.17, 15) is 0 Å². The van der Waals surface area contributed by atoms with Crippen LogP contribution in [0.4, 0.5) is 5.82 Å². The van der Waals surface area contributed by atoms with Crippen molar-refractivity contribution in [3.8, 4) is 22.8 Å². The summed E-state index contributed by atoms with van der Waals surface area (Å²) in [7, 11) is 1.64. The molecule has 2 aromatic rings. The molecule has 0 saturated heterocycles. The average molecular weight is 245 g/mol. The van der Waals surface area contributed by atoms with Crippen molar-refractivity contribution in [1.82, 2.24) is 10.2 Å². The summed E-state index contributed by atoms with van der Waals surface area (Å²) in [4.78, 5) is 0. The van der Waals surface area contributed by atoms with Gasteiger partial charge in [-0.1, -0.05) is 0 Å². The van der Waals surface area contributed by atoms with Gasteiger partial charge in [-0.15, -0.1) is 0 Å². The molecule has 3 rings (SSSR count). The van der Waals surface area contributed by atoms with Gasteiger partial charge in [0.1, 0.15) is 5.82 Å². The SMILES string of the molecule is COc1cc(-c2cc(N)n[nH]2)ccc1OC1CC1. The zero-order valence-corrected chi connectivity index (χ0v) is 10.1. The van der Waals surface area contributed by atoms with Crippen LogP contribution in [-0.2, 0) is 0 Å². The summed E-state index contributed by atoms with van der Waals surface area (Å²) in [6.45, 7) is 0. The van der Waals surface area contributed by atoms with E-state index in [1.807, 2.05) is 18.2 Å². The molecule has 5 nitrogen and oxygen atoms in total. The first kappa shape index (κ1) is 11.0. The first-order chi connectivity index (χ1) is 8.76. The number of anilines is 1. The largest absolute Gasteiger partial charge is 0.493 e. The van der Waals surface area contributed by atoms with Gasteiger partial charge in [0.2, 0.25) is 0 Å². The van der Waals surface area contributed by atoms with Crippen LogP contribution in [0.15, 0.2) is 24.3 Å². The molecule has 1 fully saturated rings. The van der Waals surface area contributed by atoms with E-state index in [2.05, 4.69) is 10.2 Å². The number of aromatic nitrogens is 2. The van der Waals surface area contributed by atoms with Crippen molar-refractivity contribution >= 4 is 5.82 Å². The van der Waals surface area contributed by atoms with Gasteiger partial charge in [0.25, 0.3) is 0 Å². The number of nitrogen functional groups attached to an aromatic ring is 1. The number of aromatic amines is 1. The first-order valence-corrected chi connectivity index (χ1v) is 5.92. The van der Waals surface area contributed by atoms with Crippen molar-refractivity contribution in [1.29, 1.82) is 0 Å². The Morgan fingerprint density at radius 1 is 1.28 bits per heavy atom. The van der Waals surface area contributed by atoms with Gasteiger partial charge in [0, 0.05) is 11.6 Å². The fourth-order valence-electron chi connectivity index (χ4n) is 1.78. The molecule has 0 amide bonds. The van der Waals surface area contributed by atoms with Crippen molar-refractivity contribution in [3.05, 3.63) is 24.3 Å². The molecule has 1 aromatic carbocycles. The van der Waals surface area contributed by atoms with Crippen LogP contribution in [0.25, 0.3) is 11.3 Å². The lowest BCUT2D eigenvalue weighted by Crippen LogP contribution is -1.98. The maximum Gasteiger partial charge on any atom is 0.161 e. The molecule has 5 heteroatoms. The third-order valence-corrected chi connectivity index (χ3v) is 2.89. The summed E-state index contributed by atoms with van der Waals surface area (Å²) >= 11 is 0. The minimum atomic E-state index is 0.354. The van der Waals surface area contributed by atoms with Gasteiger partial charge in [0.05, 0.1) is 18.9 Å². The summed E-state index contributed by atoms with van der Waals surface area (Å²) in [5.41, 5.74) is 7.43. The summed E-state index contributed by atoms with van der Waals surface area (Å²) in [6.07, 6.45) is 2.61. The third-order valence-electron chi connectivity index (χ3n) is 2.89. The summed E-state index contributed by atoms with van der Waals surface area (Å²) in [5.74, 6) is 1.99. The van der Waals surface area contributed by atoms with Crippen LogP contribution in [0.2, 0.25) is 0 Å². The summed E-state index contributed by atoms with van der Waals surface area (Å²) in [6, 6.07) is 7.59. The maximum absolute atomic E-state index is 5.77. The van der Waals surface area contributed by atoms with Crippen molar-refractivity contribution < 1.29 is 9.47 Å². The molecule has 0 radical (unpaired) electrons. The normalized spacial score (nSPS) is 14.5. The highest BCUT2D eigenvalue weighted by Crippen LogP contribution is 2.36. The van der Waals surface area contributed by atoms with Crippen molar-refractivity contribution in [3.63, 3.8) is 0 Å². The first-order valence-electron chi connectivity index (χ1n) is 5.92. The van der Waals surface area contributed by atoms with E-state index >= 15 is 0 Å². The second-order valence-corrected chi connectivity index (χ2v) is 4.39. The molecular weight excluding hydrogens is 230 g/mol. The number of hydrogen-bond donors (Lipinski definition) is 2. The molecule has 0 aliphatic heterocycles. The molecule has 1 heterocycles. The molecule has 1 aliphatic rings. The van der Waals surface area contributed by atoms with Crippen LogP contribution < -0.4 is 15.2 Å². The Morgan fingerprint density at radius 2 is 2.11 bits per heavy atom. The molecule has 1 aliphatic carbocycles. The molecular formula is C13H15N3O2. The number of hydrogen-bond acceptors (Lipinski definition) is 4. The third kappa shape index (κ3) is 2.11. The lowest BCUT2D eigenvalue weighted by atomic mass is 10.1. The molecule has 0 unspecified atom stereocenters. The molecule has 0 spiro atoms. The molecule has 94 valence electrons. The van der Waals surface area contributed by atoms with Gasteiger partial charge in [0.15, 0.2) is 11.5 Å². The highest BCUT2D eigenvalue weighted by molar-refractivity contribution is 5.65. The summed E-state index contributed by atoms with van der Waals surface area (Å²) in [5, 5.41) is 6.78. The quantitative estimate of drug-likeness (QED) is 0.866. The van der Waals surface area contributed by atoms with E-state index in [1.165, 1.54) is 0 Å². The van der Waals surface area contributed by atoms with Crippen molar-refractivity contribution in [2.24, 2.45) is 0 Å². The fraction of sp³-hybridized carbons (Fsp3) is 0.308. The van der Waals surface area contributed by atoms with Crippen LogP contribution in [0.5, 0.6) is 11.5 Å². The average Bonchev–Trinajstić information content (AvgIpc) is 3.09. The molecule has 18 heavy (non-hydrogen) atoms. The molecule has 0 bridgehead atoms. The zero-order valence-electron chi connectivity index (χ0n) is 10.1. The number of nitrogens with zero attached hydrogens (tertiary/aromatic N) is 1. The minimum absolute atomic E-state index is 0.354. The lowest BCUT2D eigenvalue weighted by Gasteiger charge is -2.11. The Labute approximate surface area is 105 Å². The minimum Gasteiger partial charge on any atom is -0.493 e. The van der Waals surface area contributed by atoms with Crippen LogP contribution in [0, 0.1) is 0 Å². The second-order valence-electron chi connectivity index (χ2n) is 4.39. The zero-order chi connectivity index (χ0) is 12.5. The highest BCUT2D eigenvalue weighted by atomic mass is 16.5. The smallest absolute Gasteiger partial charge is 0.161 e. The second kappa shape index (κ2) is 4.25. The van der Waals surface area contributed by atoms with Gasteiger partial charge in [-0.3, -0.25) is 5.10 Å². The Bertz CT molecular complexity index is 561. The number of ether oxygens (including phenoxy) is 2. The Balaban J connectivity index is 1.92. The molecule has 3 N–H and O–H groups in total. The van der Waals surface area contributed by atoms with E-state index in [0.29, 0.717) is 11.9 Å². The lowest BCUT2D eigenvalue weighted by molar-refractivity contribution is 0.282. The van der Waals surface area contributed by atoms with Crippen molar-refractivity contribution in [2.45, 2.75) is 18.9 Å². The van der Waals surface area contributed by atoms with Crippen molar-refractivity contribution in [2.75, 3.05) is 12.8 Å². The van der Waals surface area contributed by atoms with Crippen LogP contribution >= 0.6 is 0 Å². The van der Waals surface area contributed by atoms with Gasteiger partial charge in [-0.2, -0.15) is 5.10 Å². The van der Waals surface area contributed by atoms with E-state index in [-0.39, 0.29) is 0 Å². The van der Waals surface area contributed by atoms with E-state index in [4.69, 9.17) is 15.2 Å². The highest BCUT2D eigenvalue weighted by Gasteiger charge is 2.25. The van der Waals surface area contributed by atoms with E-state index in [1.54, 1.807) is 13.2 Å². The maximum atomic E-state index is 5.77. The number of nitrogens with two attached hydrogens (primary N) is 1. The number of nitrogens with one attached hydrogen (secondary N) is 1. The van der Waals surface area contributed by atoms with Gasteiger partial charge in [-0.25, -0.2) is 0 Å². The number of H-pyrrole nitrogens is 1. The number of benzene rings is 1. The predicted octanol–water partition coefficient (Wildman–Crippen LogP) is 2.21. The molecule has 1 saturated carbocycles. The Kier molecular flexibility index (Phi) is 2.59. The van der Waals surface area contributed by atoms with Gasteiger partial charge < -0.3 is 15.2 Å². The number of methoxy groups -OCH3 is 1. The van der Waals surface area contributed by atoms with Gasteiger partial charge in [-0.05, 0) is 31.0 Å².